The quantitative estimate of drug-likeness (QED) is 0.324. The number of nitrogens with one attached hydrogen (secondary N) is 1. The molecule has 196 valence electrons. The average molecular weight is 545 g/mol. The summed E-state index contributed by atoms with van der Waals surface area (Å²) in [5.41, 5.74) is 5.03. The molecule has 5 rings (SSSR count). The van der Waals surface area contributed by atoms with Gasteiger partial charge in [-0.3, -0.25) is 9.59 Å². The maximum absolute atomic E-state index is 13.6. The Bertz CT molecular complexity index is 1320. The SMILES string of the molecule is Cc1ccc(CCNC(=O)c2ccc(/C=C3/SC4CCCCC4N(Cc4cccc(Cl)c4)C3=O)cc2)cc1. The van der Waals surface area contributed by atoms with Crippen molar-refractivity contribution in [2.24, 2.45) is 0 Å². The van der Waals surface area contributed by atoms with E-state index in [4.69, 9.17) is 11.6 Å². The number of hydrogen-bond acceptors (Lipinski definition) is 3. The van der Waals surface area contributed by atoms with Crippen LogP contribution in [-0.2, 0) is 17.8 Å². The molecule has 1 saturated heterocycles. The maximum Gasteiger partial charge on any atom is 0.260 e. The smallest absolute Gasteiger partial charge is 0.260 e. The third-order valence-corrected chi connectivity index (χ3v) is 8.98. The number of amides is 2. The van der Waals surface area contributed by atoms with Gasteiger partial charge in [-0.15, -0.1) is 11.8 Å². The fourth-order valence-corrected chi connectivity index (χ4v) is 6.94. The van der Waals surface area contributed by atoms with Crippen molar-refractivity contribution in [3.8, 4) is 0 Å². The van der Waals surface area contributed by atoms with E-state index in [9.17, 15) is 9.59 Å². The fourth-order valence-electron chi connectivity index (χ4n) is 5.25. The average Bonchev–Trinajstić information content (AvgIpc) is 2.92. The highest BCUT2D eigenvalue weighted by atomic mass is 35.5. The molecule has 1 saturated carbocycles. The van der Waals surface area contributed by atoms with E-state index in [1.807, 2.05) is 59.5 Å². The van der Waals surface area contributed by atoms with Gasteiger partial charge in [0.25, 0.3) is 11.8 Å². The molecule has 4 nitrogen and oxygen atoms in total. The van der Waals surface area contributed by atoms with Gasteiger partial charge < -0.3 is 10.2 Å². The lowest BCUT2D eigenvalue weighted by Crippen LogP contribution is -2.50. The summed E-state index contributed by atoms with van der Waals surface area (Å²) in [5.74, 6) is -0.00627. The van der Waals surface area contributed by atoms with Crippen molar-refractivity contribution in [3.63, 3.8) is 0 Å². The Kier molecular flexibility index (Phi) is 8.55. The number of rotatable bonds is 7. The molecule has 2 aliphatic rings. The number of carbonyl (C=O) groups excluding carboxylic acids is 2. The van der Waals surface area contributed by atoms with Gasteiger partial charge in [0.15, 0.2) is 0 Å². The van der Waals surface area contributed by atoms with Crippen molar-refractivity contribution < 1.29 is 9.59 Å². The molecule has 0 bridgehead atoms. The largest absolute Gasteiger partial charge is 0.352 e. The first-order valence-electron chi connectivity index (χ1n) is 13.3. The van der Waals surface area contributed by atoms with Gasteiger partial charge in [0.1, 0.15) is 0 Å². The first kappa shape index (κ1) is 26.6. The number of hydrogen-bond donors (Lipinski definition) is 1. The van der Waals surface area contributed by atoms with Gasteiger partial charge in [-0.25, -0.2) is 0 Å². The molecule has 38 heavy (non-hydrogen) atoms. The summed E-state index contributed by atoms with van der Waals surface area (Å²) in [5, 5.41) is 4.10. The minimum Gasteiger partial charge on any atom is -0.352 e. The monoisotopic (exact) mass is 544 g/mol. The van der Waals surface area contributed by atoms with Gasteiger partial charge in [0.2, 0.25) is 0 Å². The molecule has 1 aliphatic carbocycles. The van der Waals surface area contributed by atoms with Gasteiger partial charge in [-0.05, 0) is 73.2 Å². The second-order valence-electron chi connectivity index (χ2n) is 10.2. The zero-order valence-electron chi connectivity index (χ0n) is 21.7. The van der Waals surface area contributed by atoms with Gasteiger partial charge in [0.05, 0.1) is 4.91 Å². The number of halogens is 1. The lowest BCUT2D eigenvalue weighted by Gasteiger charge is -2.44. The molecule has 2 fully saturated rings. The lowest BCUT2D eigenvalue weighted by molar-refractivity contribution is -0.130. The van der Waals surface area contributed by atoms with Gasteiger partial charge in [-0.1, -0.05) is 78.5 Å². The highest BCUT2D eigenvalue weighted by Crippen LogP contribution is 2.42. The highest BCUT2D eigenvalue weighted by Gasteiger charge is 2.40. The summed E-state index contributed by atoms with van der Waals surface area (Å²) < 4.78 is 0. The van der Waals surface area contributed by atoms with E-state index in [1.54, 1.807) is 11.8 Å². The van der Waals surface area contributed by atoms with E-state index in [0.29, 0.717) is 28.9 Å². The van der Waals surface area contributed by atoms with Crippen LogP contribution in [0.25, 0.3) is 6.08 Å². The number of benzene rings is 3. The predicted octanol–water partition coefficient (Wildman–Crippen LogP) is 7.05. The van der Waals surface area contributed by atoms with Crippen molar-refractivity contribution in [1.82, 2.24) is 10.2 Å². The Morgan fingerprint density at radius 1 is 1.03 bits per heavy atom. The molecule has 3 aromatic carbocycles. The molecule has 0 aromatic heterocycles. The standard InChI is InChI=1S/C32H33ClN2O2S/c1-22-9-11-23(12-10-22)17-18-34-31(36)26-15-13-24(14-16-26)20-30-32(37)35(21-25-5-4-6-27(33)19-25)28-7-2-3-8-29(28)38-30/h4-6,9-16,19-20,28-29H,2-3,7-8,17-18,21H2,1H3,(H,34,36)/b30-20+. The zero-order valence-corrected chi connectivity index (χ0v) is 23.2. The molecule has 6 heteroatoms. The van der Waals surface area contributed by atoms with Crippen molar-refractivity contribution >= 4 is 41.3 Å². The minimum atomic E-state index is -0.0859. The molecule has 2 unspecified atom stereocenters. The maximum atomic E-state index is 13.6. The van der Waals surface area contributed by atoms with Crippen LogP contribution in [0.2, 0.25) is 5.02 Å². The zero-order chi connectivity index (χ0) is 26.5. The van der Waals surface area contributed by atoms with E-state index in [2.05, 4.69) is 36.5 Å². The first-order chi connectivity index (χ1) is 18.5. The molecular weight excluding hydrogens is 512 g/mol. The van der Waals surface area contributed by atoms with Crippen LogP contribution >= 0.6 is 23.4 Å². The molecule has 1 heterocycles. The Hall–Kier alpha value is -3.02. The Balaban J connectivity index is 1.26. The first-order valence-corrected chi connectivity index (χ1v) is 14.6. The summed E-state index contributed by atoms with van der Waals surface area (Å²) in [6, 6.07) is 23.9. The second-order valence-corrected chi connectivity index (χ2v) is 11.9. The Labute approximate surface area is 234 Å². The van der Waals surface area contributed by atoms with Crippen LogP contribution in [-0.4, -0.2) is 34.6 Å². The van der Waals surface area contributed by atoms with Gasteiger partial charge in [-0.2, -0.15) is 0 Å². The van der Waals surface area contributed by atoms with E-state index in [0.717, 1.165) is 41.7 Å². The molecule has 2 amide bonds. The summed E-state index contributed by atoms with van der Waals surface area (Å²) >= 11 is 7.94. The normalized spacial score (nSPS) is 20.3. The Morgan fingerprint density at radius 2 is 1.79 bits per heavy atom. The molecule has 0 spiro atoms. The highest BCUT2D eigenvalue weighted by molar-refractivity contribution is 8.04. The van der Waals surface area contributed by atoms with Crippen LogP contribution in [0, 0.1) is 6.92 Å². The summed E-state index contributed by atoms with van der Waals surface area (Å²) in [7, 11) is 0. The molecule has 1 aliphatic heterocycles. The van der Waals surface area contributed by atoms with Crippen LogP contribution in [0.5, 0.6) is 0 Å². The number of carbonyl (C=O) groups is 2. The number of nitrogens with zero attached hydrogens (tertiary/aromatic N) is 1. The minimum absolute atomic E-state index is 0.0797. The third kappa shape index (κ3) is 6.51. The molecule has 0 radical (unpaired) electrons. The third-order valence-electron chi connectivity index (χ3n) is 7.35. The van der Waals surface area contributed by atoms with Crippen LogP contribution in [0.15, 0.2) is 77.7 Å². The molecule has 1 N–H and O–H groups in total. The van der Waals surface area contributed by atoms with E-state index < -0.39 is 0 Å². The molecule has 3 aromatic rings. The fraction of sp³-hybridized carbons (Fsp3) is 0.312. The van der Waals surface area contributed by atoms with Crippen molar-refractivity contribution in [2.75, 3.05) is 6.54 Å². The van der Waals surface area contributed by atoms with E-state index >= 15 is 0 Å². The number of thioether (sulfide) groups is 1. The summed E-state index contributed by atoms with van der Waals surface area (Å²) in [6.07, 6.45) is 7.30. The second kappa shape index (κ2) is 12.2. The summed E-state index contributed by atoms with van der Waals surface area (Å²) in [6.45, 7) is 3.22. The van der Waals surface area contributed by atoms with Crippen LogP contribution in [0.3, 0.4) is 0 Å². The van der Waals surface area contributed by atoms with Gasteiger partial charge in [0, 0.05) is 35.0 Å². The number of aryl methyl sites for hydroxylation is 1. The van der Waals surface area contributed by atoms with Crippen LogP contribution in [0.4, 0.5) is 0 Å². The molecule has 2 atom stereocenters. The summed E-state index contributed by atoms with van der Waals surface area (Å²) in [4.78, 5) is 29.1. The van der Waals surface area contributed by atoms with E-state index in [-0.39, 0.29) is 17.9 Å². The predicted molar refractivity (Wildman–Crippen MR) is 157 cm³/mol. The van der Waals surface area contributed by atoms with Crippen molar-refractivity contribution in [1.29, 1.82) is 0 Å². The van der Waals surface area contributed by atoms with Crippen LogP contribution < -0.4 is 5.32 Å². The van der Waals surface area contributed by atoms with Crippen LogP contribution in [0.1, 0.15) is 58.3 Å². The molecular formula is C32H33ClN2O2S. The van der Waals surface area contributed by atoms with Crippen molar-refractivity contribution in [3.05, 3.63) is 111 Å². The van der Waals surface area contributed by atoms with Gasteiger partial charge >= 0.3 is 0 Å². The number of fused-ring (bicyclic) bond motifs is 1. The Morgan fingerprint density at radius 3 is 2.55 bits per heavy atom. The van der Waals surface area contributed by atoms with E-state index in [1.165, 1.54) is 17.5 Å². The topological polar surface area (TPSA) is 49.4 Å². The lowest BCUT2D eigenvalue weighted by atomic mass is 9.92. The van der Waals surface area contributed by atoms with Crippen molar-refractivity contribution in [2.45, 2.75) is 56.9 Å².